The molecule has 2 atom stereocenters. The van der Waals surface area contributed by atoms with Crippen LogP contribution in [0, 0.1) is 0 Å². The van der Waals surface area contributed by atoms with Crippen molar-refractivity contribution >= 4 is 11.6 Å². The lowest BCUT2D eigenvalue weighted by Gasteiger charge is -2.22. The Bertz CT molecular complexity index is 368. The summed E-state index contributed by atoms with van der Waals surface area (Å²) in [5.74, 6) is 0.741. The minimum Gasteiger partial charge on any atom is -0.496 e. The number of aliphatic hydroxyl groups excluding tert-OH is 1. The minimum absolute atomic E-state index is 0.154. The maximum Gasteiger partial charge on any atom is 0.122 e. The van der Waals surface area contributed by atoms with Crippen molar-refractivity contribution < 1.29 is 14.6 Å². The van der Waals surface area contributed by atoms with E-state index >= 15 is 0 Å². The zero-order valence-electron chi connectivity index (χ0n) is 11.1. The molecule has 0 amide bonds. The van der Waals surface area contributed by atoms with E-state index in [0.717, 1.165) is 17.7 Å². The van der Waals surface area contributed by atoms with E-state index < -0.39 is 6.10 Å². The molecule has 1 aromatic rings. The predicted molar refractivity (Wildman–Crippen MR) is 73.4 cm³/mol. The molecule has 2 unspecified atom stereocenters. The Morgan fingerprint density at radius 2 is 2.06 bits per heavy atom. The first kappa shape index (κ1) is 15.3. The van der Waals surface area contributed by atoms with Crippen LogP contribution in [0.2, 0.25) is 5.02 Å². The standard InChI is InChI=1S/C14H21ClO3/c1-4-13(18-5-2)12(16)9-10-8-11(15)6-7-14(10)17-3/h6-8,12-13,16H,4-5,9H2,1-3H3. The van der Waals surface area contributed by atoms with Gasteiger partial charge in [0.15, 0.2) is 0 Å². The van der Waals surface area contributed by atoms with Crippen LogP contribution in [0.5, 0.6) is 5.75 Å². The molecule has 0 aliphatic rings. The van der Waals surface area contributed by atoms with Crippen LogP contribution in [-0.2, 0) is 11.2 Å². The normalized spacial score (nSPS) is 14.3. The molecule has 0 saturated carbocycles. The second-order valence-corrected chi connectivity index (χ2v) is 4.57. The van der Waals surface area contributed by atoms with Crippen molar-refractivity contribution in [1.82, 2.24) is 0 Å². The summed E-state index contributed by atoms with van der Waals surface area (Å²) in [5.41, 5.74) is 0.899. The number of halogens is 1. The average Bonchev–Trinajstić information content (AvgIpc) is 2.36. The summed E-state index contributed by atoms with van der Waals surface area (Å²) in [6.45, 7) is 4.52. The number of aliphatic hydroxyl groups is 1. The zero-order valence-corrected chi connectivity index (χ0v) is 11.9. The van der Waals surface area contributed by atoms with E-state index in [9.17, 15) is 5.11 Å². The number of benzene rings is 1. The van der Waals surface area contributed by atoms with Gasteiger partial charge in [-0.05, 0) is 37.1 Å². The van der Waals surface area contributed by atoms with Gasteiger partial charge in [-0.1, -0.05) is 18.5 Å². The van der Waals surface area contributed by atoms with Gasteiger partial charge in [-0.25, -0.2) is 0 Å². The van der Waals surface area contributed by atoms with Gasteiger partial charge in [-0.2, -0.15) is 0 Å². The summed E-state index contributed by atoms with van der Waals surface area (Å²) in [7, 11) is 1.61. The second-order valence-electron chi connectivity index (χ2n) is 4.13. The fraction of sp³-hybridized carbons (Fsp3) is 0.571. The number of ether oxygens (including phenoxy) is 2. The van der Waals surface area contributed by atoms with E-state index in [1.54, 1.807) is 13.2 Å². The van der Waals surface area contributed by atoms with Gasteiger partial charge < -0.3 is 14.6 Å². The quantitative estimate of drug-likeness (QED) is 0.829. The molecule has 0 aliphatic carbocycles. The van der Waals surface area contributed by atoms with E-state index in [2.05, 4.69) is 0 Å². The van der Waals surface area contributed by atoms with Gasteiger partial charge in [-0.3, -0.25) is 0 Å². The third-order valence-corrected chi connectivity index (χ3v) is 3.12. The largest absolute Gasteiger partial charge is 0.496 e. The lowest BCUT2D eigenvalue weighted by Crippen LogP contribution is -2.30. The van der Waals surface area contributed by atoms with Crippen LogP contribution in [0.15, 0.2) is 18.2 Å². The summed E-state index contributed by atoms with van der Waals surface area (Å²) in [5, 5.41) is 10.8. The maximum absolute atomic E-state index is 10.2. The highest BCUT2D eigenvalue weighted by Crippen LogP contribution is 2.25. The highest BCUT2D eigenvalue weighted by Gasteiger charge is 2.19. The summed E-state index contributed by atoms with van der Waals surface area (Å²) in [6.07, 6.45) is 0.543. The molecular weight excluding hydrogens is 252 g/mol. The molecule has 1 rings (SSSR count). The predicted octanol–water partition coefficient (Wildman–Crippen LogP) is 3.07. The Morgan fingerprint density at radius 1 is 1.33 bits per heavy atom. The number of hydrogen-bond acceptors (Lipinski definition) is 3. The van der Waals surface area contributed by atoms with Crippen molar-refractivity contribution in [3.05, 3.63) is 28.8 Å². The van der Waals surface area contributed by atoms with E-state index in [1.807, 2.05) is 26.0 Å². The van der Waals surface area contributed by atoms with E-state index in [-0.39, 0.29) is 6.10 Å². The number of methoxy groups -OCH3 is 1. The Kier molecular flexibility index (Phi) is 6.47. The minimum atomic E-state index is -0.553. The molecule has 1 aromatic carbocycles. The third-order valence-electron chi connectivity index (χ3n) is 2.88. The van der Waals surface area contributed by atoms with E-state index in [4.69, 9.17) is 21.1 Å². The Morgan fingerprint density at radius 3 is 2.61 bits per heavy atom. The zero-order chi connectivity index (χ0) is 13.5. The molecule has 0 aromatic heterocycles. The summed E-state index contributed by atoms with van der Waals surface area (Å²) in [6, 6.07) is 5.41. The first-order valence-corrected chi connectivity index (χ1v) is 6.62. The Hall–Kier alpha value is -0.770. The molecule has 0 radical (unpaired) electrons. The highest BCUT2D eigenvalue weighted by molar-refractivity contribution is 6.30. The Balaban J connectivity index is 2.79. The molecule has 0 saturated heterocycles. The van der Waals surface area contributed by atoms with Crippen LogP contribution >= 0.6 is 11.6 Å². The lowest BCUT2D eigenvalue weighted by molar-refractivity contribution is -0.0336. The molecule has 102 valence electrons. The molecule has 18 heavy (non-hydrogen) atoms. The van der Waals surface area contributed by atoms with Crippen LogP contribution in [0.3, 0.4) is 0 Å². The van der Waals surface area contributed by atoms with Gasteiger partial charge in [-0.15, -0.1) is 0 Å². The molecule has 3 nitrogen and oxygen atoms in total. The van der Waals surface area contributed by atoms with Crippen LogP contribution in [-0.4, -0.2) is 31.0 Å². The van der Waals surface area contributed by atoms with Crippen molar-refractivity contribution in [1.29, 1.82) is 0 Å². The highest BCUT2D eigenvalue weighted by atomic mass is 35.5. The van der Waals surface area contributed by atoms with Crippen LogP contribution in [0.4, 0.5) is 0 Å². The fourth-order valence-corrected chi connectivity index (χ4v) is 2.17. The molecular formula is C14H21ClO3. The van der Waals surface area contributed by atoms with Gasteiger partial charge in [0, 0.05) is 18.1 Å². The number of hydrogen-bond donors (Lipinski definition) is 1. The van der Waals surface area contributed by atoms with Crippen LogP contribution < -0.4 is 4.74 Å². The smallest absolute Gasteiger partial charge is 0.122 e. The van der Waals surface area contributed by atoms with Gasteiger partial charge in [0.25, 0.3) is 0 Å². The summed E-state index contributed by atoms with van der Waals surface area (Å²) >= 11 is 5.96. The summed E-state index contributed by atoms with van der Waals surface area (Å²) < 4.78 is 10.8. The molecule has 1 N–H and O–H groups in total. The SMILES string of the molecule is CCOC(CC)C(O)Cc1cc(Cl)ccc1OC. The van der Waals surface area contributed by atoms with Crippen molar-refractivity contribution in [3.8, 4) is 5.75 Å². The van der Waals surface area contributed by atoms with Crippen molar-refractivity contribution in [2.24, 2.45) is 0 Å². The first-order valence-electron chi connectivity index (χ1n) is 6.24. The molecule has 0 spiro atoms. The topological polar surface area (TPSA) is 38.7 Å². The molecule has 0 heterocycles. The average molecular weight is 273 g/mol. The molecule has 0 fully saturated rings. The fourth-order valence-electron chi connectivity index (χ4n) is 1.98. The number of rotatable bonds is 7. The van der Waals surface area contributed by atoms with Crippen LogP contribution in [0.25, 0.3) is 0 Å². The maximum atomic E-state index is 10.2. The second kappa shape index (κ2) is 7.62. The monoisotopic (exact) mass is 272 g/mol. The Labute approximate surface area is 114 Å². The first-order chi connectivity index (χ1) is 8.62. The van der Waals surface area contributed by atoms with Crippen molar-refractivity contribution in [2.75, 3.05) is 13.7 Å². The van der Waals surface area contributed by atoms with Crippen LogP contribution in [0.1, 0.15) is 25.8 Å². The van der Waals surface area contributed by atoms with Gasteiger partial charge >= 0.3 is 0 Å². The van der Waals surface area contributed by atoms with Crippen molar-refractivity contribution in [2.45, 2.75) is 38.9 Å². The molecule has 4 heteroatoms. The van der Waals surface area contributed by atoms with Crippen molar-refractivity contribution in [3.63, 3.8) is 0 Å². The van der Waals surface area contributed by atoms with Gasteiger partial charge in [0.1, 0.15) is 5.75 Å². The van der Waals surface area contributed by atoms with Gasteiger partial charge in [0.05, 0.1) is 19.3 Å². The van der Waals surface area contributed by atoms with E-state index in [0.29, 0.717) is 18.1 Å². The third kappa shape index (κ3) is 4.16. The molecule has 0 bridgehead atoms. The summed E-state index contributed by atoms with van der Waals surface area (Å²) in [4.78, 5) is 0. The molecule has 0 aliphatic heterocycles. The van der Waals surface area contributed by atoms with E-state index in [1.165, 1.54) is 0 Å². The van der Waals surface area contributed by atoms with Gasteiger partial charge in [0.2, 0.25) is 0 Å². The lowest BCUT2D eigenvalue weighted by atomic mass is 10.0.